The zero-order chi connectivity index (χ0) is 14.7. The molecule has 2 N–H and O–H groups in total. The fraction of sp³-hybridized carbons (Fsp3) is 0.429. The third kappa shape index (κ3) is 3.01. The Balaban J connectivity index is 1.66. The van der Waals surface area contributed by atoms with Gasteiger partial charge in [-0.2, -0.15) is 5.10 Å². The molecular formula is C14H17N5O2. The number of hydrogen-bond donors (Lipinski definition) is 2. The van der Waals surface area contributed by atoms with Gasteiger partial charge >= 0.3 is 0 Å². The Morgan fingerprint density at radius 2 is 2.33 bits per heavy atom. The molecule has 2 aromatic rings. The molecule has 2 heterocycles. The van der Waals surface area contributed by atoms with E-state index in [1.165, 1.54) is 6.33 Å². The molecule has 7 heteroatoms. The van der Waals surface area contributed by atoms with Crippen molar-refractivity contribution >= 4 is 5.91 Å². The first-order valence-electron chi connectivity index (χ1n) is 6.97. The molecule has 0 bridgehead atoms. The van der Waals surface area contributed by atoms with Crippen LogP contribution < -0.4 is 10.1 Å². The van der Waals surface area contributed by atoms with Crippen molar-refractivity contribution in [3.8, 4) is 5.75 Å². The minimum Gasteiger partial charge on any atom is -0.485 e. The average molecular weight is 287 g/mol. The lowest BCUT2D eigenvalue weighted by Crippen LogP contribution is -2.42. The third-order valence-electron chi connectivity index (χ3n) is 3.69. The van der Waals surface area contributed by atoms with E-state index in [-0.39, 0.29) is 18.1 Å². The second kappa shape index (κ2) is 5.90. The van der Waals surface area contributed by atoms with E-state index >= 15 is 0 Å². The average Bonchev–Trinajstić information content (AvgIpc) is 3.12. The highest BCUT2D eigenvalue weighted by molar-refractivity contribution is 5.95. The van der Waals surface area contributed by atoms with Crippen molar-refractivity contribution in [2.45, 2.75) is 38.3 Å². The van der Waals surface area contributed by atoms with Crippen LogP contribution in [0.5, 0.6) is 5.75 Å². The van der Waals surface area contributed by atoms with Crippen LogP contribution >= 0.6 is 0 Å². The van der Waals surface area contributed by atoms with Crippen LogP contribution in [0.4, 0.5) is 0 Å². The van der Waals surface area contributed by atoms with Gasteiger partial charge in [0.1, 0.15) is 12.4 Å². The summed E-state index contributed by atoms with van der Waals surface area (Å²) in [6.45, 7) is 1.80. The molecule has 2 atom stereocenters. The first-order valence-corrected chi connectivity index (χ1v) is 6.97. The van der Waals surface area contributed by atoms with Gasteiger partial charge in [0.25, 0.3) is 5.91 Å². The van der Waals surface area contributed by atoms with E-state index in [1.54, 1.807) is 25.5 Å². The van der Waals surface area contributed by atoms with Crippen molar-refractivity contribution in [2.24, 2.45) is 0 Å². The molecule has 1 saturated carbocycles. The summed E-state index contributed by atoms with van der Waals surface area (Å²) >= 11 is 0. The van der Waals surface area contributed by atoms with E-state index in [2.05, 4.69) is 25.5 Å². The van der Waals surface area contributed by atoms with Crippen LogP contribution in [0.1, 0.15) is 35.3 Å². The highest BCUT2D eigenvalue weighted by Gasteiger charge is 2.31. The Labute approximate surface area is 122 Å². The lowest BCUT2D eigenvalue weighted by molar-refractivity contribution is 0.0892. The molecule has 0 aliphatic heterocycles. The Hall–Kier alpha value is -2.44. The summed E-state index contributed by atoms with van der Waals surface area (Å²) in [6.07, 6.45) is 9.12. The molecule has 1 aliphatic rings. The number of aryl methyl sites for hydroxylation is 1. The fourth-order valence-corrected chi connectivity index (χ4v) is 2.57. The Kier molecular flexibility index (Phi) is 3.81. The number of ether oxygens (including phenoxy) is 1. The third-order valence-corrected chi connectivity index (χ3v) is 3.69. The number of rotatable bonds is 4. The van der Waals surface area contributed by atoms with Crippen LogP contribution in [0.2, 0.25) is 0 Å². The highest BCUT2D eigenvalue weighted by Crippen LogP contribution is 2.24. The van der Waals surface area contributed by atoms with Gasteiger partial charge in [0.05, 0.1) is 29.7 Å². The van der Waals surface area contributed by atoms with E-state index in [0.29, 0.717) is 17.0 Å². The van der Waals surface area contributed by atoms with Crippen LogP contribution in [0.15, 0.2) is 24.9 Å². The lowest BCUT2D eigenvalue weighted by Gasteiger charge is -2.21. The molecular weight excluding hydrogens is 270 g/mol. The summed E-state index contributed by atoms with van der Waals surface area (Å²) in [7, 11) is 0. The number of hydrogen-bond acceptors (Lipinski definition) is 5. The summed E-state index contributed by atoms with van der Waals surface area (Å²) in [4.78, 5) is 20.2. The maximum Gasteiger partial charge on any atom is 0.255 e. The van der Waals surface area contributed by atoms with Gasteiger partial charge in [-0.15, -0.1) is 0 Å². The molecule has 110 valence electrons. The standard InChI is InChI=1S/C14H17N5O2/c1-9-11(7-15-8-16-9)14(20)19-12-3-2-4-13(12)21-10-5-17-18-6-10/h5-8,12-13H,2-4H2,1H3,(H,17,18)(H,19,20)/t12-,13+/m0/s1. The summed E-state index contributed by atoms with van der Waals surface area (Å²) in [5.41, 5.74) is 1.18. The topological polar surface area (TPSA) is 92.8 Å². The monoisotopic (exact) mass is 287 g/mol. The molecule has 1 amide bonds. The Bertz CT molecular complexity index is 614. The molecule has 0 spiro atoms. The van der Waals surface area contributed by atoms with Gasteiger partial charge in [-0.25, -0.2) is 9.97 Å². The zero-order valence-corrected chi connectivity index (χ0v) is 11.7. The summed E-state index contributed by atoms with van der Waals surface area (Å²) in [6, 6.07) is -0.00740. The molecule has 0 radical (unpaired) electrons. The van der Waals surface area contributed by atoms with Crippen LogP contribution in [-0.4, -0.2) is 38.2 Å². The van der Waals surface area contributed by atoms with E-state index in [4.69, 9.17) is 4.74 Å². The molecule has 2 aromatic heterocycles. The van der Waals surface area contributed by atoms with E-state index in [1.807, 2.05) is 0 Å². The normalized spacial score (nSPS) is 21.2. The number of aromatic nitrogens is 4. The molecule has 0 aromatic carbocycles. The van der Waals surface area contributed by atoms with Crippen LogP contribution in [0.3, 0.4) is 0 Å². The second-order valence-corrected chi connectivity index (χ2v) is 5.12. The number of amides is 1. The largest absolute Gasteiger partial charge is 0.485 e. The molecule has 21 heavy (non-hydrogen) atoms. The first-order chi connectivity index (χ1) is 10.2. The van der Waals surface area contributed by atoms with Gasteiger partial charge in [0.15, 0.2) is 5.75 Å². The quantitative estimate of drug-likeness (QED) is 0.882. The number of H-pyrrole nitrogens is 1. The maximum atomic E-state index is 12.3. The van der Waals surface area contributed by atoms with E-state index in [0.717, 1.165) is 19.3 Å². The molecule has 1 aliphatic carbocycles. The van der Waals surface area contributed by atoms with Crippen molar-refractivity contribution in [1.82, 2.24) is 25.5 Å². The molecule has 1 fully saturated rings. The summed E-state index contributed by atoms with van der Waals surface area (Å²) < 4.78 is 5.86. The zero-order valence-electron chi connectivity index (χ0n) is 11.7. The smallest absolute Gasteiger partial charge is 0.255 e. The van der Waals surface area contributed by atoms with Gasteiger partial charge in [0.2, 0.25) is 0 Å². The highest BCUT2D eigenvalue weighted by atomic mass is 16.5. The SMILES string of the molecule is Cc1ncncc1C(=O)N[C@H]1CCC[C@H]1Oc1cn[nH]c1. The van der Waals surface area contributed by atoms with Gasteiger partial charge in [-0.1, -0.05) is 0 Å². The Morgan fingerprint density at radius 3 is 3.10 bits per heavy atom. The molecule has 3 rings (SSSR count). The summed E-state index contributed by atoms with van der Waals surface area (Å²) in [5, 5.41) is 9.59. The van der Waals surface area contributed by atoms with Crippen molar-refractivity contribution in [1.29, 1.82) is 0 Å². The van der Waals surface area contributed by atoms with Gasteiger partial charge in [0, 0.05) is 6.20 Å². The van der Waals surface area contributed by atoms with Crippen molar-refractivity contribution in [2.75, 3.05) is 0 Å². The molecule has 7 nitrogen and oxygen atoms in total. The van der Waals surface area contributed by atoms with Gasteiger partial charge in [-0.05, 0) is 26.2 Å². The number of aromatic amines is 1. The number of nitrogens with one attached hydrogen (secondary N) is 2. The lowest BCUT2D eigenvalue weighted by atomic mass is 10.1. The van der Waals surface area contributed by atoms with Crippen LogP contribution in [0, 0.1) is 6.92 Å². The maximum absolute atomic E-state index is 12.3. The fourth-order valence-electron chi connectivity index (χ4n) is 2.57. The number of carbonyl (C=O) groups is 1. The first kappa shape index (κ1) is 13.5. The Morgan fingerprint density at radius 1 is 1.43 bits per heavy atom. The van der Waals surface area contributed by atoms with Crippen molar-refractivity contribution in [3.05, 3.63) is 36.2 Å². The van der Waals surface area contributed by atoms with Crippen molar-refractivity contribution in [3.63, 3.8) is 0 Å². The van der Waals surface area contributed by atoms with Crippen LogP contribution in [-0.2, 0) is 0 Å². The number of nitrogens with zero attached hydrogens (tertiary/aromatic N) is 3. The minimum absolute atomic E-state index is 0.00740. The minimum atomic E-state index is -0.152. The van der Waals surface area contributed by atoms with Crippen LogP contribution in [0.25, 0.3) is 0 Å². The van der Waals surface area contributed by atoms with Gasteiger partial charge in [-0.3, -0.25) is 9.89 Å². The predicted octanol–water partition coefficient (Wildman–Crippen LogP) is 1.24. The van der Waals surface area contributed by atoms with E-state index < -0.39 is 0 Å². The van der Waals surface area contributed by atoms with Gasteiger partial charge < -0.3 is 10.1 Å². The molecule has 0 unspecified atom stereocenters. The van der Waals surface area contributed by atoms with Crippen molar-refractivity contribution < 1.29 is 9.53 Å². The second-order valence-electron chi connectivity index (χ2n) is 5.12. The van der Waals surface area contributed by atoms with E-state index in [9.17, 15) is 4.79 Å². The summed E-state index contributed by atoms with van der Waals surface area (Å²) in [5.74, 6) is 0.543. The molecule has 0 saturated heterocycles. The number of carbonyl (C=O) groups excluding carboxylic acids is 1. The predicted molar refractivity (Wildman–Crippen MR) is 74.9 cm³/mol.